The maximum atomic E-state index is 12.4. The van der Waals surface area contributed by atoms with E-state index < -0.39 is 5.41 Å². The first kappa shape index (κ1) is 19.6. The summed E-state index contributed by atoms with van der Waals surface area (Å²) >= 11 is 0. The number of benzene rings is 1. The van der Waals surface area contributed by atoms with Crippen LogP contribution in [0.25, 0.3) is 0 Å². The molecule has 23 heavy (non-hydrogen) atoms. The van der Waals surface area contributed by atoms with Gasteiger partial charge in [0.25, 0.3) is 0 Å². The van der Waals surface area contributed by atoms with E-state index in [1.165, 1.54) is 0 Å². The number of ether oxygens (including phenoxy) is 3. The molecule has 0 bridgehead atoms. The summed E-state index contributed by atoms with van der Waals surface area (Å²) in [6, 6.07) is 3.84. The quantitative estimate of drug-likeness (QED) is 0.840. The van der Waals surface area contributed by atoms with Crippen LogP contribution in [0.15, 0.2) is 12.1 Å². The van der Waals surface area contributed by atoms with E-state index in [-0.39, 0.29) is 24.2 Å². The molecular formula is C17H26ClNO4. The number of halogens is 1. The molecule has 1 aliphatic rings. The second-order valence-corrected chi connectivity index (χ2v) is 6.24. The predicted octanol–water partition coefficient (Wildman–Crippen LogP) is 3.11. The van der Waals surface area contributed by atoms with Crippen molar-refractivity contribution in [2.45, 2.75) is 26.3 Å². The molecule has 0 saturated carbocycles. The Morgan fingerprint density at radius 2 is 1.61 bits per heavy atom. The molecule has 6 heteroatoms. The topological polar surface area (TPSA) is 48.0 Å². The average Bonchev–Trinajstić information content (AvgIpc) is 2.50. The van der Waals surface area contributed by atoms with Gasteiger partial charge in [-0.1, -0.05) is 13.8 Å². The number of rotatable bonds is 4. The van der Waals surface area contributed by atoms with Crippen LogP contribution in [0.4, 0.5) is 0 Å². The van der Waals surface area contributed by atoms with Crippen LogP contribution in [0.3, 0.4) is 0 Å². The van der Waals surface area contributed by atoms with Gasteiger partial charge in [0.1, 0.15) is 5.78 Å². The van der Waals surface area contributed by atoms with Gasteiger partial charge in [0.05, 0.1) is 21.3 Å². The molecule has 1 aromatic rings. The van der Waals surface area contributed by atoms with E-state index in [4.69, 9.17) is 14.2 Å². The van der Waals surface area contributed by atoms with E-state index in [0.29, 0.717) is 23.7 Å². The minimum absolute atomic E-state index is 0. The molecule has 1 atom stereocenters. The molecular weight excluding hydrogens is 318 g/mol. The Labute approximate surface area is 144 Å². The molecule has 130 valence electrons. The van der Waals surface area contributed by atoms with Crippen molar-refractivity contribution in [1.29, 1.82) is 0 Å². The van der Waals surface area contributed by atoms with Gasteiger partial charge in [0.2, 0.25) is 5.75 Å². The summed E-state index contributed by atoms with van der Waals surface area (Å²) in [7, 11) is 6.83. The lowest BCUT2D eigenvalue weighted by Crippen LogP contribution is -2.47. The summed E-state index contributed by atoms with van der Waals surface area (Å²) < 4.78 is 16.2. The fourth-order valence-corrected chi connectivity index (χ4v) is 3.36. The summed E-state index contributed by atoms with van der Waals surface area (Å²) in [6.45, 7) is 4.75. The number of methoxy groups -OCH3 is 3. The highest BCUT2D eigenvalue weighted by Crippen LogP contribution is 2.47. The van der Waals surface area contributed by atoms with Gasteiger partial charge in [-0.25, -0.2) is 0 Å². The first-order chi connectivity index (χ1) is 10.4. The van der Waals surface area contributed by atoms with Gasteiger partial charge in [-0.2, -0.15) is 0 Å². The standard InChI is InChI=1S/C17H25NO4.ClH/c1-17(2)14(19)7-8-18(3)16(17)11-9-12(20-4)15(22-6)13(10-11)21-5;/h9-10,16H,7-8H2,1-6H3;1H. The van der Waals surface area contributed by atoms with Gasteiger partial charge in [0.15, 0.2) is 11.5 Å². The summed E-state index contributed by atoms with van der Waals surface area (Å²) in [5, 5.41) is 0. The van der Waals surface area contributed by atoms with Crippen molar-refractivity contribution in [2.24, 2.45) is 5.41 Å². The van der Waals surface area contributed by atoms with Crippen molar-refractivity contribution in [3.05, 3.63) is 17.7 Å². The molecule has 0 spiro atoms. The summed E-state index contributed by atoms with van der Waals surface area (Å²) in [4.78, 5) is 14.6. The Kier molecular flexibility index (Phi) is 6.31. The van der Waals surface area contributed by atoms with Crippen LogP contribution < -0.4 is 14.2 Å². The van der Waals surface area contributed by atoms with Crippen LogP contribution >= 0.6 is 12.4 Å². The van der Waals surface area contributed by atoms with Crippen molar-refractivity contribution < 1.29 is 19.0 Å². The van der Waals surface area contributed by atoms with Crippen LogP contribution in [-0.2, 0) is 4.79 Å². The lowest BCUT2D eigenvalue weighted by molar-refractivity contribution is -0.135. The highest BCUT2D eigenvalue weighted by molar-refractivity contribution is 5.86. The van der Waals surface area contributed by atoms with Crippen LogP contribution in [0.2, 0.25) is 0 Å². The zero-order valence-corrected chi connectivity index (χ0v) is 15.5. The molecule has 0 radical (unpaired) electrons. The minimum Gasteiger partial charge on any atom is -0.493 e. The number of likely N-dealkylation sites (tertiary alicyclic amines) is 1. The summed E-state index contributed by atoms with van der Waals surface area (Å²) in [5.41, 5.74) is 0.535. The van der Waals surface area contributed by atoms with Crippen molar-refractivity contribution in [3.8, 4) is 17.2 Å². The van der Waals surface area contributed by atoms with Crippen LogP contribution in [0.1, 0.15) is 31.9 Å². The van der Waals surface area contributed by atoms with E-state index in [2.05, 4.69) is 4.90 Å². The normalized spacial score (nSPS) is 20.6. The number of ketones is 1. The SMILES string of the molecule is COc1cc(C2N(C)CCC(=O)C2(C)C)cc(OC)c1OC.Cl. The van der Waals surface area contributed by atoms with Gasteiger partial charge < -0.3 is 14.2 Å². The van der Waals surface area contributed by atoms with Crippen LogP contribution in [-0.4, -0.2) is 45.6 Å². The third-order valence-electron chi connectivity index (χ3n) is 4.54. The van der Waals surface area contributed by atoms with E-state index in [1.807, 2.05) is 33.0 Å². The summed E-state index contributed by atoms with van der Waals surface area (Å²) in [5.74, 6) is 2.07. The largest absolute Gasteiger partial charge is 0.493 e. The highest BCUT2D eigenvalue weighted by atomic mass is 35.5. The third kappa shape index (κ3) is 3.40. The Morgan fingerprint density at radius 1 is 1.09 bits per heavy atom. The number of nitrogens with zero attached hydrogens (tertiary/aromatic N) is 1. The minimum atomic E-state index is -0.461. The third-order valence-corrected chi connectivity index (χ3v) is 4.54. The molecule has 0 aromatic heterocycles. The zero-order valence-electron chi connectivity index (χ0n) is 14.6. The van der Waals surface area contributed by atoms with Crippen molar-refractivity contribution in [3.63, 3.8) is 0 Å². The number of Topliss-reactive ketones (excluding diaryl/α,β-unsaturated/α-hetero) is 1. The van der Waals surface area contributed by atoms with Gasteiger partial charge in [-0.3, -0.25) is 9.69 Å². The van der Waals surface area contributed by atoms with Crippen molar-refractivity contribution in [2.75, 3.05) is 34.9 Å². The molecule has 1 fully saturated rings. The number of hydrogen-bond acceptors (Lipinski definition) is 5. The highest BCUT2D eigenvalue weighted by Gasteiger charge is 2.43. The van der Waals surface area contributed by atoms with Gasteiger partial charge in [0, 0.05) is 24.4 Å². The van der Waals surface area contributed by atoms with E-state index >= 15 is 0 Å². The maximum Gasteiger partial charge on any atom is 0.203 e. The number of piperidine rings is 1. The number of hydrogen-bond donors (Lipinski definition) is 0. The molecule has 0 amide bonds. The molecule has 0 N–H and O–H groups in total. The number of carbonyl (C=O) groups excluding carboxylic acids is 1. The fourth-order valence-electron chi connectivity index (χ4n) is 3.36. The molecule has 5 nitrogen and oxygen atoms in total. The van der Waals surface area contributed by atoms with Crippen LogP contribution in [0.5, 0.6) is 17.2 Å². The smallest absolute Gasteiger partial charge is 0.203 e. The molecule has 1 aromatic carbocycles. The molecule has 1 heterocycles. The van der Waals surface area contributed by atoms with Gasteiger partial charge >= 0.3 is 0 Å². The molecule has 1 aliphatic heterocycles. The van der Waals surface area contributed by atoms with Crippen LogP contribution in [0, 0.1) is 5.41 Å². The lowest BCUT2D eigenvalue weighted by atomic mass is 9.72. The lowest BCUT2D eigenvalue weighted by Gasteiger charge is -2.44. The van der Waals surface area contributed by atoms with Gasteiger partial charge in [-0.15, -0.1) is 12.4 Å². The zero-order chi connectivity index (χ0) is 16.5. The van der Waals surface area contributed by atoms with Gasteiger partial charge in [-0.05, 0) is 24.7 Å². The Hall–Kier alpha value is -1.46. The first-order valence-electron chi connectivity index (χ1n) is 7.40. The predicted molar refractivity (Wildman–Crippen MR) is 92.1 cm³/mol. The Balaban J connectivity index is 0.00000264. The molecule has 1 saturated heterocycles. The number of carbonyl (C=O) groups is 1. The Morgan fingerprint density at radius 3 is 2.04 bits per heavy atom. The summed E-state index contributed by atoms with van der Waals surface area (Å²) in [6.07, 6.45) is 0.588. The van der Waals surface area contributed by atoms with Crippen molar-refractivity contribution in [1.82, 2.24) is 4.90 Å². The average molecular weight is 344 g/mol. The molecule has 2 rings (SSSR count). The second-order valence-electron chi connectivity index (χ2n) is 6.24. The van der Waals surface area contributed by atoms with Crippen molar-refractivity contribution >= 4 is 18.2 Å². The molecule has 0 aliphatic carbocycles. The van der Waals surface area contributed by atoms with E-state index in [1.54, 1.807) is 21.3 Å². The monoisotopic (exact) mass is 343 g/mol. The molecule has 1 unspecified atom stereocenters. The second kappa shape index (κ2) is 7.41. The van der Waals surface area contributed by atoms with E-state index in [0.717, 1.165) is 12.1 Å². The Bertz CT molecular complexity index is 549. The maximum absolute atomic E-state index is 12.4. The fraction of sp³-hybridized carbons (Fsp3) is 0.588. The van der Waals surface area contributed by atoms with E-state index in [9.17, 15) is 4.79 Å². The first-order valence-corrected chi connectivity index (χ1v) is 7.40.